The van der Waals surface area contributed by atoms with E-state index in [1.54, 1.807) is 0 Å². The lowest BCUT2D eigenvalue weighted by atomic mass is 9.97. The van der Waals surface area contributed by atoms with Gasteiger partial charge in [0.15, 0.2) is 23.7 Å². The summed E-state index contributed by atoms with van der Waals surface area (Å²) in [5.41, 5.74) is 4.65. The Labute approximate surface area is 239 Å². The first-order valence-corrected chi connectivity index (χ1v) is 14.9. The average Bonchev–Trinajstić information content (AvgIpc) is 3.42. The van der Waals surface area contributed by atoms with Gasteiger partial charge >= 0.3 is 15.6 Å². The van der Waals surface area contributed by atoms with Gasteiger partial charge in [0, 0.05) is 6.92 Å². The number of H-pyrrole nitrogens is 1. The lowest BCUT2D eigenvalue weighted by Crippen LogP contribution is -2.63. The predicted molar refractivity (Wildman–Crippen MR) is 135 cm³/mol. The van der Waals surface area contributed by atoms with Gasteiger partial charge in [-0.05, 0) is 0 Å². The lowest BCUT2D eigenvalue weighted by molar-refractivity contribution is -0.253. The van der Waals surface area contributed by atoms with Gasteiger partial charge in [0.2, 0.25) is 11.9 Å². The van der Waals surface area contributed by atoms with Gasteiger partial charge in [-0.3, -0.25) is 23.7 Å². The SMILES string of the molecule is CC(=O)N[C@H]1C(O)O[C@H](CO)[C@H](O)[C@@H]1O.Nc1nc2c(ncn2[C@@H]2O[C@H](COP(=O)(O)OP(=O)(O)O)[C@@H](O)[C@H]2O)c(=O)[nH]1. The lowest BCUT2D eigenvalue weighted by Gasteiger charge is -2.40. The number of anilines is 1. The van der Waals surface area contributed by atoms with Gasteiger partial charge in [-0.2, -0.15) is 9.29 Å². The zero-order valence-corrected chi connectivity index (χ0v) is 23.6. The molecule has 0 spiro atoms. The standard InChI is InChI=1S/C10H15N5O11P2.C8H15NO6/c11-10-13-7-4(8(18)14-10)12-2-15(7)9-6(17)5(16)3(25-9)1-24-28(22,23)26-27(19,20)21;1-3(11)9-5-7(13)6(12)4(2-10)15-8(5)14/h2-3,5-6,9,16-17H,1H2,(H,22,23)(H2,19,20,21)(H3,11,13,14,18);4-8,10,12-14H,2H2,1H3,(H,9,11)/t3-,5-,6-,9-;4-,5-,6+,7-,8?/m11/s1. The Morgan fingerprint density at radius 2 is 1.72 bits per heavy atom. The Morgan fingerprint density at radius 1 is 1.09 bits per heavy atom. The monoisotopic (exact) mass is 664 g/mol. The number of amides is 1. The van der Waals surface area contributed by atoms with Crippen LogP contribution in [0.3, 0.4) is 0 Å². The molecule has 25 heteroatoms. The number of nitrogens with two attached hydrogens (primary N) is 1. The molecule has 2 fully saturated rings. The van der Waals surface area contributed by atoms with Gasteiger partial charge < -0.3 is 65.8 Å². The summed E-state index contributed by atoms with van der Waals surface area (Å²) in [5, 5.41) is 59.7. The Balaban J connectivity index is 0.000000285. The largest absolute Gasteiger partial charge is 0.481 e. The van der Waals surface area contributed by atoms with Gasteiger partial charge in [-0.1, -0.05) is 0 Å². The molecule has 244 valence electrons. The second-order valence-corrected chi connectivity index (χ2v) is 11.9. The molecule has 1 amide bonds. The molecule has 0 saturated carbocycles. The maximum atomic E-state index is 11.8. The van der Waals surface area contributed by atoms with Crippen LogP contribution in [0, 0.1) is 0 Å². The number of hydrogen-bond donors (Lipinski definition) is 12. The minimum absolute atomic E-state index is 0.0586. The van der Waals surface area contributed by atoms with Crippen molar-refractivity contribution in [1.82, 2.24) is 24.8 Å². The molecule has 2 aliphatic rings. The summed E-state index contributed by atoms with van der Waals surface area (Å²) >= 11 is 0. The number of phosphoric ester groups is 1. The van der Waals surface area contributed by atoms with Crippen molar-refractivity contribution >= 4 is 38.7 Å². The number of aliphatic hydroxyl groups excluding tert-OH is 6. The molecule has 43 heavy (non-hydrogen) atoms. The van der Waals surface area contributed by atoms with Crippen LogP contribution in [-0.4, -0.2) is 133 Å². The molecule has 0 aromatic carbocycles. The van der Waals surface area contributed by atoms with Crippen molar-refractivity contribution in [3.63, 3.8) is 0 Å². The number of imidazole rings is 1. The van der Waals surface area contributed by atoms with Crippen molar-refractivity contribution in [2.45, 2.75) is 62.1 Å². The third-order valence-corrected chi connectivity index (χ3v) is 8.10. The second-order valence-electron chi connectivity index (χ2n) is 9.11. The fraction of sp³-hybridized carbons (Fsp3) is 0.667. The number of aliphatic hydroxyl groups is 6. The quantitative estimate of drug-likeness (QED) is 0.117. The molecule has 13 N–H and O–H groups in total. The van der Waals surface area contributed by atoms with Gasteiger partial charge in [0.05, 0.1) is 19.5 Å². The van der Waals surface area contributed by atoms with E-state index in [0.29, 0.717) is 0 Å². The Morgan fingerprint density at radius 3 is 2.30 bits per heavy atom. The molecule has 0 aliphatic carbocycles. The van der Waals surface area contributed by atoms with Crippen LogP contribution in [0.1, 0.15) is 13.2 Å². The second kappa shape index (κ2) is 13.7. The number of nitrogens with one attached hydrogen (secondary N) is 2. The van der Waals surface area contributed by atoms with Crippen LogP contribution >= 0.6 is 15.6 Å². The van der Waals surface area contributed by atoms with E-state index < -0.39 is 95.5 Å². The Bertz CT molecular complexity index is 1430. The molecule has 0 bridgehead atoms. The topological polar surface area (TPSA) is 372 Å². The van der Waals surface area contributed by atoms with E-state index >= 15 is 0 Å². The predicted octanol–water partition coefficient (Wildman–Crippen LogP) is -5.53. The highest BCUT2D eigenvalue weighted by atomic mass is 31.3. The van der Waals surface area contributed by atoms with Crippen molar-refractivity contribution in [3.8, 4) is 0 Å². The van der Waals surface area contributed by atoms with Crippen LogP contribution < -0.4 is 16.6 Å². The molecular formula is C18H30N6O17P2. The molecule has 2 unspecified atom stereocenters. The van der Waals surface area contributed by atoms with Crippen LogP contribution in [0.4, 0.5) is 5.95 Å². The highest BCUT2D eigenvalue weighted by Gasteiger charge is 2.46. The summed E-state index contributed by atoms with van der Waals surface area (Å²) in [6.07, 6.45) is -10.1. The molecule has 2 aliphatic heterocycles. The number of aromatic amines is 1. The number of aromatic nitrogens is 4. The normalized spacial score (nSPS) is 32.6. The van der Waals surface area contributed by atoms with Gasteiger partial charge in [0.25, 0.3) is 5.56 Å². The summed E-state index contributed by atoms with van der Waals surface area (Å²) in [6.45, 7) is -0.183. The van der Waals surface area contributed by atoms with Crippen LogP contribution in [-0.2, 0) is 32.2 Å². The summed E-state index contributed by atoms with van der Waals surface area (Å²) in [5.74, 6) is -0.695. The van der Waals surface area contributed by atoms with E-state index in [-0.39, 0.29) is 17.1 Å². The average molecular weight is 664 g/mol. The summed E-state index contributed by atoms with van der Waals surface area (Å²) in [7, 11) is -10.5. The van der Waals surface area contributed by atoms with Gasteiger partial charge in [-0.25, -0.2) is 14.1 Å². The molecular weight excluding hydrogens is 634 g/mol. The molecule has 2 aromatic heterocycles. The maximum absolute atomic E-state index is 11.8. The van der Waals surface area contributed by atoms with Crippen molar-refractivity contribution in [2.75, 3.05) is 18.9 Å². The van der Waals surface area contributed by atoms with E-state index in [1.807, 2.05) is 0 Å². The van der Waals surface area contributed by atoms with Crippen molar-refractivity contribution in [3.05, 3.63) is 16.7 Å². The van der Waals surface area contributed by atoms with Crippen LogP contribution in [0.5, 0.6) is 0 Å². The minimum atomic E-state index is -5.32. The summed E-state index contributed by atoms with van der Waals surface area (Å²) < 4.78 is 41.4. The highest BCUT2D eigenvalue weighted by Crippen LogP contribution is 2.57. The number of fused-ring (bicyclic) bond motifs is 1. The first-order valence-electron chi connectivity index (χ1n) is 11.9. The molecule has 10 atom stereocenters. The van der Waals surface area contributed by atoms with Crippen molar-refractivity contribution in [1.29, 1.82) is 0 Å². The number of phosphoric acid groups is 2. The zero-order valence-electron chi connectivity index (χ0n) is 21.8. The fourth-order valence-corrected chi connectivity index (χ4v) is 5.64. The summed E-state index contributed by atoms with van der Waals surface area (Å²) in [4.78, 5) is 58.8. The van der Waals surface area contributed by atoms with Crippen LogP contribution in [0.25, 0.3) is 11.2 Å². The molecule has 2 saturated heterocycles. The number of carbonyl (C=O) groups excluding carboxylic acids is 1. The number of ether oxygens (including phenoxy) is 2. The molecule has 23 nitrogen and oxygen atoms in total. The van der Waals surface area contributed by atoms with Crippen molar-refractivity contribution < 1.29 is 77.6 Å². The third kappa shape index (κ3) is 8.60. The third-order valence-electron chi connectivity index (χ3n) is 5.94. The Kier molecular flexibility index (Phi) is 11.2. The first-order chi connectivity index (χ1) is 19.8. The smallest absolute Gasteiger partial charge is 0.394 e. The van der Waals surface area contributed by atoms with Crippen LogP contribution in [0.2, 0.25) is 0 Å². The fourth-order valence-electron chi connectivity index (χ4n) is 4.04. The van der Waals surface area contributed by atoms with E-state index in [2.05, 4.69) is 29.1 Å². The number of nitrogen functional groups attached to an aromatic ring is 1. The zero-order chi connectivity index (χ0) is 32.4. The summed E-state index contributed by atoms with van der Waals surface area (Å²) in [6, 6.07) is -1.10. The van der Waals surface area contributed by atoms with Gasteiger partial charge in [-0.15, -0.1) is 0 Å². The van der Waals surface area contributed by atoms with E-state index in [1.165, 1.54) is 6.92 Å². The number of nitrogens with zero attached hydrogens (tertiary/aromatic N) is 3. The molecule has 2 aromatic rings. The molecule has 4 heterocycles. The first kappa shape index (κ1) is 35.0. The molecule has 0 radical (unpaired) electrons. The highest BCUT2D eigenvalue weighted by molar-refractivity contribution is 7.60. The van der Waals surface area contributed by atoms with E-state index in [0.717, 1.165) is 10.9 Å². The van der Waals surface area contributed by atoms with E-state index in [9.17, 15) is 49.1 Å². The molecule has 4 rings (SSSR count). The number of hydrogen-bond acceptors (Lipinski definition) is 17. The Hall–Kier alpha value is -2.44. The maximum Gasteiger partial charge on any atom is 0.481 e. The van der Waals surface area contributed by atoms with Crippen molar-refractivity contribution in [2.24, 2.45) is 0 Å². The van der Waals surface area contributed by atoms with Gasteiger partial charge in [0.1, 0.15) is 42.7 Å². The van der Waals surface area contributed by atoms with Crippen LogP contribution in [0.15, 0.2) is 11.1 Å². The number of rotatable bonds is 8. The van der Waals surface area contributed by atoms with E-state index in [4.69, 9.17) is 30.1 Å². The number of carbonyl (C=O) groups is 1. The minimum Gasteiger partial charge on any atom is -0.394 e.